The Morgan fingerprint density at radius 2 is 0.714 bits per heavy atom. The fraction of sp³-hybridized carbons (Fsp3) is 0.829. The first-order chi connectivity index (χ1) is 20.9. The van der Waals surface area contributed by atoms with Crippen LogP contribution in [0.4, 0.5) is 0 Å². The molecule has 7 heteroatoms. The van der Waals surface area contributed by atoms with Gasteiger partial charge in [-0.2, -0.15) is 0 Å². The summed E-state index contributed by atoms with van der Waals surface area (Å²) >= 11 is 0. The van der Waals surface area contributed by atoms with E-state index in [1.165, 1.54) is 82.6 Å². The van der Waals surface area contributed by atoms with Gasteiger partial charge in [0, 0.05) is 6.61 Å². The van der Waals surface area contributed by atoms with Crippen molar-refractivity contribution in [3.63, 3.8) is 0 Å². The minimum absolute atomic E-state index is 0.540. The number of rotatable bonds is 34. The van der Waals surface area contributed by atoms with Crippen LogP contribution < -0.4 is 4.74 Å². The lowest BCUT2D eigenvalue weighted by Crippen LogP contribution is -2.14. The third kappa shape index (κ3) is 27.6. The smallest absolute Gasteiger partial charge is 0.119 e. The molecular weight excluding hydrogens is 532 g/mol. The van der Waals surface area contributed by atoms with Gasteiger partial charge in [-0.3, -0.25) is 0 Å². The fourth-order valence-electron chi connectivity index (χ4n) is 4.44. The predicted octanol–water partition coefficient (Wildman–Crippen LogP) is 7.82. The Labute approximate surface area is 258 Å². The molecule has 0 bridgehead atoms. The van der Waals surface area contributed by atoms with Gasteiger partial charge in [-0.1, -0.05) is 96.6 Å². The van der Waals surface area contributed by atoms with Crippen molar-refractivity contribution < 1.29 is 33.2 Å². The number of hydrogen-bond donors (Lipinski definition) is 0. The molecule has 1 rings (SSSR count). The number of hydrogen-bond acceptors (Lipinski definition) is 7. The summed E-state index contributed by atoms with van der Waals surface area (Å²) in [6, 6.07) is 8.49. The number of aryl methyl sites for hydroxylation is 1. The summed E-state index contributed by atoms with van der Waals surface area (Å²) in [5, 5.41) is 0. The first kappa shape index (κ1) is 38.8. The van der Waals surface area contributed by atoms with E-state index >= 15 is 0 Å². The van der Waals surface area contributed by atoms with Gasteiger partial charge in [0.15, 0.2) is 0 Å². The molecule has 0 amide bonds. The molecule has 0 unspecified atom stereocenters. The SMILES string of the molecule is CCCCCCCCCc1ccc(OCCOCCOCCOCCOCCOCCOCCCCCCCC)cc1. The molecule has 0 aliphatic rings. The van der Waals surface area contributed by atoms with Crippen molar-refractivity contribution in [2.75, 3.05) is 85.9 Å². The van der Waals surface area contributed by atoms with E-state index in [-0.39, 0.29) is 0 Å². The van der Waals surface area contributed by atoms with Crippen molar-refractivity contribution in [3.05, 3.63) is 29.8 Å². The summed E-state index contributed by atoms with van der Waals surface area (Å²) in [5.74, 6) is 0.899. The maximum Gasteiger partial charge on any atom is 0.119 e. The molecule has 42 heavy (non-hydrogen) atoms. The third-order valence-corrected chi connectivity index (χ3v) is 6.99. The number of ether oxygens (including phenoxy) is 7. The molecule has 0 aromatic heterocycles. The Morgan fingerprint density at radius 1 is 0.357 bits per heavy atom. The normalized spacial score (nSPS) is 11.4. The maximum absolute atomic E-state index is 5.78. The van der Waals surface area contributed by atoms with Crippen molar-refractivity contribution in [2.24, 2.45) is 0 Å². The minimum Gasteiger partial charge on any atom is -0.491 e. The highest BCUT2D eigenvalue weighted by atomic mass is 16.6. The summed E-state index contributed by atoms with van der Waals surface area (Å²) in [7, 11) is 0. The molecule has 0 fully saturated rings. The van der Waals surface area contributed by atoms with Crippen LogP contribution in [0.1, 0.15) is 103 Å². The molecule has 0 radical (unpaired) electrons. The largest absolute Gasteiger partial charge is 0.491 e. The van der Waals surface area contributed by atoms with Gasteiger partial charge in [0.05, 0.1) is 72.7 Å². The van der Waals surface area contributed by atoms with Crippen LogP contribution in [-0.4, -0.2) is 85.9 Å². The van der Waals surface area contributed by atoms with Crippen molar-refractivity contribution in [1.29, 1.82) is 0 Å². The molecule has 0 heterocycles. The lowest BCUT2D eigenvalue weighted by molar-refractivity contribution is -0.0179. The lowest BCUT2D eigenvalue weighted by Gasteiger charge is -2.09. The second-order valence-corrected chi connectivity index (χ2v) is 10.8. The zero-order valence-corrected chi connectivity index (χ0v) is 27.3. The number of benzene rings is 1. The standard InChI is InChI=1S/C35H64O7/c1-3-5-7-9-11-12-14-16-34-17-19-35(20-18-34)42-33-32-41-31-30-40-29-28-39-27-26-38-25-24-37-23-22-36-21-15-13-10-8-6-4-2/h17-20H,3-16,21-33H2,1-2H3. The maximum atomic E-state index is 5.78. The van der Waals surface area contributed by atoms with Gasteiger partial charge >= 0.3 is 0 Å². The summed E-state index contributed by atoms with van der Waals surface area (Å²) in [6.07, 6.45) is 18.3. The number of unbranched alkanes of at least 4 members (excludes halogenated alkanes) is 11. The molecule has 0 N–H and O–H groups in total. The van der Waals surface area contributed by atoms with Crippen LogP contribution in [0.25, 0.3) is 0 Å². The molecule has 1 aromatic carbocycles. The quantitative estimate of drug-likeness (QED) is 0.0752. The monoisotopic (exact) mass is 596 g/mol. The van der Waals surface area contributed by atoms with Gasteiger partial charge in [-0.05, 0) is 37.0 Å². The van der Waals surface area contributed by atoms with Gasteiger partial charge in [0.25, 0.3) is 0 Å². The van der Waals surface area contributed by atoms with Crippen LogP contribution >= 0.6 is 0 Å². The zero-order chi connectivity index (χ0) is 30.0. The van der Waals surface area contributed by atoms with Gasteiger partial charge in [-0.15, -0.1) is 0 Å². The summed E-state index contributed by atoms with van der Waals surface area (Å²) in [4.78, 5) is 0. The Hall–Kier alpha value is -1.22. The minimum atomic E-state index is 0.540. The highest BCUT2D eigenvalue weighted by Crippen LogP contribution is 2.15. The van der Waals surface area contributed by atoms with Gasteiger partial charge in [0.1, 0.15) is 12.4 Å². The van der Waals surface area contributed by atoms with E-state index in [9.17, 15) is 0 Å². The summed E-state index contributed by atoms with van der Waals surface area (Å²) in [6.45, 7) is 12.2. The average molecular weight is 597 g/mol. The molecule has 0 saturated carbocycles. The summed E-state index contributed by atoms with van der Waals surface area (Å²) in [5.41, 5.74) is 1.39. The van der Waals surface area contributed by atoms with E-state index < -0.39 is 0 Å². The van der Waals surface area contributed by atoms with E-state index in [1.807, 2.05) is 0 Å². The van der Waals surface area contributed by atoms with Crippen LogP contribution in [0.2, 0.25) is 0 Å². The molecule has 0 aliphatic heterocycles. The molecule has 1 aromatic rings. The second kappa shape index (κ2) is 32.7. The first-order valence-electron chi connectivity index (χ1n) is 17.0. The van der Waals surface area contributed by atoms with Crippen LogP contribution in [0.15, 0.2) is 24.3 Å². The fourth-order valence-corrected chi connectivity index (χ4v) is 4.44. The zero-order valence-electron chi connectivity index (χ0n) is 27.3. The highest BCUT2D eigenvalue weighted by Gasteiger charge is 1.99. The van der Waals surface area contributed by atoms with Crippen molar-refractivity contribution >= 4 is 0 Å². The molecule has 246 valence electrons. The van der Waals surface area contributed by atoms with Crippen LogP contribution in [0.3, 0.4) is 0 Å². The predicted molar refractivity (Wildman–Crippen MR) is 172 cm³/mol. The molecule has 0 saturated heterocycles. The van der Waals surface area contributed by atoms with E-state index in [0.29, 0.717) is 79.3 Å². The van der Waals surface area contributed by atoms with Crippen molar-refractivity contribution in [3.8, 4) is 5.75 Å². The van der Waals surface area contributed by atoms with E-state index in [4.69, 9.17) is 33.2 Å². The highest BCUT2D eigenvalue weighted by molar-refractivity contribution is 5.27. The van der Waals surface area contributed by atoms with E-state index in [1.54, 1.807) is 0 Å². The van der Waals surface area contributed by atoms with Crippen LogP contribution in [-0.2, 0) is 34.8 Å². The van der Waals surface area contributed by atoms with Crippen LogP contribution in [0.5, 0.6) is 5.75 Å². The Morgan fingerprint density at radius 3 is 1.17 bits per heavy atom. The van der Waals surface area contributed by atoms with Gasteiger partial charge < -0.3 is 33.2 Å². The summed E-state index contributed by atoms with van der Waals surface area (Å²) < 4.78 is 39.1. The average Bonchev–Trinajstić information content (AvgIpc) is 3.01. The third-order valence-electron chi connectivity index (χ3n) is 6.99. The Bertz CT molecular complexity index is 641. The molecule has 0 atom stereocenters. The molecular formula is C35H64O7. The van der Waals surface area contributed by atoms with Crippen LogP contribution in [0, 0.1) is 0 Å². The Balaban J connectivity index is 1.74. The first-order valence-corrected chi connectivity index (χ1v) is 17.0. The van der Waals surface area contributed by atoms with E-state index in [2.05, 4.69) is 38.1 Å². The van der Waals surface area contributed by atoms with Crippen molar-refractivity contribution in [1.82, 2.24) is 0 Å². The Kier molecular flexibility index (Phi) is 30.2. The molecule has 0 aliphatic carbocycles. The van der Waals surface area contributed by atoms with Gasteiger partial charge in [-0.25, -0.2) is 0 Å². The van der Waals surface area contributed by atoms with Crippen molar-refractivity contribution in [2.45, 2.75) is 104 Å². The van der Waals surface area contributed by atoms with E-state index in [0.717, 1.165) is 25.2 Å². The molecule has 7 nitrogen and oxygen atoms in total. The topological polar surface area (TPSA) is 64.6 Å². The second-order valence-electron chi connectivity index (χ2n) is 10.8. The van der Waals surface area contributed by atoms with Gasteiger partial charge in [0.2, 0.25) is 0 Å². The molecule has 0 spiro atoms. The lowest BCUT2D eigenvalue weighted by atomic mass is 10.0.